The number of anilines is 6. The Kier molecular flexibility index (Phi) is 31.8. The lowest BCUT2D eigenvalue weighted by atomic mass is 9.44. The van der Waals surface area contributed by atoms with Gasteiger partial charge in [-0.3, -0.25) is 0 Å². The van der Waals surface area contributed by atoms with Crippen LogP contribution in [0.4, 0.5) is 34.1 Å². The Labute approximate surface area is 751 Å². The van der Waals surface area contributed by atoms with Gasteiger partial charge in [-0.1, -0.05) is 185 Å². The highest BCUT2D eigenvalue weighted by Crippen LogP contribution is 2.72. The number of esters is 3. The maximum absolute atomic E-state index is 12.4. The Bertz CT molecular complexity index is 4060. The fraction of sp³-hybridized carbons (Fsp3) is 0.771. The van der Waals surface area contributed by atoms with Crippen LogP contribution in [0, 0.1) is 145 Å². The van der Waals surface area contributed by atoms with Gasteiger partial charge >= 0.3 is 17.9 Å². The van der Waals surface area contributed by atoms with Crippen LogP contribution in [0.15, 0.2) is 77.9 Å². The number of hydrogen-bond acceptors (Lipinski definition) is 15. The van der Waals surface area contributed by atoms with Gasteiger partial charge in [0.05, 0.1) is 61.4 Å². The van der Waals surface area contributed by atoms with E-state index in [1.807, 2.05) is 0 Å². The molecule has 0 aromatic heterocycles. The maximum atomic E-state index is 12.4. The van der Waals surface area contributed by atoms with Gasteiger partial charge in [0.15, 0.2) is 0 Å². The standard InChI is InChI=1S/C37H58N2O3.C36H58N2O3.C36H56N2O3/c1-24(2)8-6-9-25(3)32-12-13-33-31-11-10-27-22-30(14-16-36(27,4)34(31)15-17-37(32,33)5)41-18-7-19-42-35(40)26-20-28(38)23-29(39)21-26;2*1-23(2)7-6-8-24(3)31-11-12-32-30-10-9-26-21-29(13-15-35(26,4)33(30)14-16-36(31,32)5)40-17-18-41-34(39)25-19-27(37)22-28(38)20-25/h10,20-21,23-25,30-34H,6-9,11-19,22,38-39H2,1-5H3;19-20,22-24,26,29-33H,6-18,21,37-38H2,1-5H3;9,19-20,22-24,29-33H,6-8,10-18,21,37-38H2,1-5H3. The van der Waals surface area contributed by atoms with Crippen molar-refractivity contribution in [1.29, 1.82) is 0 Å². The summed E-state index contributed by atoms with van der Waals surface area (Å²) in [7, 11) is 0. The Balaban J connectivity index is 0.000000160. The van der Waals surface area contributed by atoms with Crippen LogP contribution >= 0.6 is 0 Å². The first kappa shape index (κ1) is 95.8. The van der Waals surface area contributed by atoms with Crippen molar-refractivity contribution in [2.75, 3.05) is 74.0 Å². The number of ether oxygens (including phenoxy) is 6. The number of carbonyl (C=O) groups is 3. The molecule has 0 bridgehead atoms. The molecule has 0 saturated heterocycles. The Morgan fingerprint density at radius 3 is 1.05 bits per heavy atom. The normalized spacial score (nSPS) is 35.7. The lowest BCUT2D eigenvalue weighted by molar-refractivity contribution is -0.138. The highest BCUT2D eigenvalue weighted by atomic mass is 16.6. The second kappa shape index (κ2) is 41.1. The molecular weight excluding hydrogens is 1540 g/mol. The van der Waals surface area contributed by atoms with Gasteiger partial charge in [0, 0.05) is 40.5 Å². The summed E-state index contributed by atoms with van der Waals surface area (Å²) in [4.78, 5) is 37.1. The molecule has 12 aliphatic rings. The van der Waals surface area contributed by atoms with Gasteiger partial charge < -0.3 is 62.8 Å². The number of nitrogens with two attached hydrogens (primary N) is 6. The first-order valence-electron chi connectivity index (χ1n) is 50.8. The largest absolute Gasteiger partial charge is 0.462 e. The molecule has 12 N–H and O–H groups in total. The molecule has 3 aromatic rings. The van der Waals surface area contributed by atoms with Crippen LogP contribution in [-0.4, -0.2) is 75.9 Å². The zero-order valence-electron chi connectivity index (χ0n) is 80.2. The average Bonchev–Trinajstić information content (AvgIpc) is 1.45. The van der Waals surface area contributed by atoms with Gasteiger partial charge in [0.25, 0.3) is 0 Å². The van der Waals surface area contributed by atoms with Crippen molar-refractivity contribution in [2.45, 2.75) is 347 Å². The first-order chi connectivity index (χ1) is 59.0. The fourth-order valence-electron chi connectivity index (χ4n) is 30.8. The summed E-state index contributed by atoms with van der Waals surface area (Å²) in [6.07, 6.45) is 52.4. The van der Waals surface area contributed by atoms with Crippen molar-refractivity contribution >= 4 is 52.0 Å². The van der Waals surface area contributed by atoms with E-state index in [4.69, 9.17) is 62.8 Å². The third-order valence-corrected chi connectivity index (χ3v) is 37.2. The molecule has 10 fully saturated rings. The summed E-state index contributed by atoms with van der Waals surface area (Å²) < 4.78 is 35.2. The number of nitrogen functional groups attached to an aromatic ring is 6. The van der Waals surface area contributed by atoms with E-state index in [9.17, 15) is 14.4 Å². The minimum atomic E-state index is -0.409. The molecule has 0 heterocycles. The summed E-state index contributed by atoms with van der Waals surface area (Å²) in [6, 6.07) is 14.5. The summed E-state index contributed by atoms with van der Waals surface area (Å²) in [5.41, 5.74) is 44.9. The monoisotopic (exact) mass is 1710 g/mol. The number of allylic oxidation sites excluding steroid dienone is 2. The van der Waals surface area contributed by atoms with E-state index in [1.165, 1.54) is 180 Å². The summed E-state index contributed by atoms with van der Waals surface area (Å²) in [5.74, 6) is 15.4. The van der Waals surface area contributed by atoms with Gasteiger partial charge in [-0.05, 0) is 360 Å². The molecule has 3 aromatic carbocycles. The number of fused-ring (bicyclic) bond motifs is 15. The number of carbonyl (C=O) groups excluding carboxylic acids is 3. The summed E-state index contributed by atoms with van der Waals surface area (Å²) >= 11 is 0. The molecule has 25 unspecified atom stereocenters. The van der Waals surface area contributed by atoms with E-state index in [0.717, 1.165) is 151 Å². The zero-order valence-corrected chi connectivity index (χ0v) is 80.2. The van der Waals surface area contributed by atoms with Crippen LogP contribution in [0.5, 0.6) is 0 Å². The highest BCUT2D eigenvalue weighted by molar-refractivity contribution is 5.93. The average molecular weight is 1710 g/mol. The van der Waals surface area contributed by atoms with Crippen molar-refractivity contribution in [3.05, 3.63) is 94.6 Å². The number of rotatable bonds is 31. The van der Waals surface area contributed by atoms with Crippen LogP contribution in [0.2, 0.25) is 0 Å². The predicted octanol–water partition coefficient (Wildman–Crippen LogP) is 25.8. The molecule has 124 heavy (non-hydrogen) atoms. The molecule has 0 amide bonds. The van der Waals surface area contributed by atoms with Crippen LogP contribution in [0.1, 0.15) is 360 Å². The lowest BCUT2D eigenvalue weighted by Crippen LogP contribution is -2.54. The second-order valence-electron chi connectivity index (χ2n) is 45.9. The third-order valence-electron chi connectivity index (χ3n) is 37.2. The topological polar surface area (TPSA) is 263 Å². The van der Waals surface area contributed by atoms with Gasteiger partial charge in [-0.25, -0.2) is 14.4 Å². The molecule has 15 rings (SSSR count). The SMILES string of the molecule is CC(C)CCCC(C)C1CCC2C3CC=C4CC(OCCCOC(=O)c5cc(N)cc(N)c5)CCC4(C)C3CCC12C.CC(C)CCCC(C)C1CCC2C3CC=C4CC(OCCOC(=O)c5cc(N)cc(N)c5)CCC4(C)C3CCC12C.CC(C)CCCC(C)C1CCC2C3CCC4CC(OCCOC(=O)c5cc(N)cc(N)c5)CCC4(C)C3CCC12C. The molecule has 0 aliphatic heterocycles. The molecule has 0 radical (unpaired) electrons. The van der Waals surface area contributed by atoms with E-state index >= 15 is 0 Å². The fourth-order valence-corrected chi connectivity index (χ4v) is 30.8. The molecule has 15 heteroatoms. The molecule has 10 saturated carbocycles. The maximum Gasteiger partial charge on any atom is 0.338 e. The lowest BCUT2D eigenvalue weighted by Gasteiger charge is -2.61. The van der Waals surface area contributed by atoms with E-state index in [-0.39, 0.29) is 37.5 Å². The van der Waals surface area contributed by atoms with Gasteiger partial charge in [-0.2, -0.15) is 0 Å². The van der Waals surface area contributed by atoms with E-state index in [2.05, 4.69) is 116 Å². The van der Waals surface area contributed by atoms with Gasteiger partial charge in [0.2, 0.25) is 0 Å². The smallest absolute Gasteiger partial charge is 0.338 e. The van der Waals surface area contributed by atoms with Crippen molar-refractivity contribution in [3.8, 4) is 0 Å². The van der Waals surface area contributed by atoms with Crippen LogP contribution < -0.4 is 34.4 Å². The van der Waals surface area contributed by atoms with E-state index in [1.54, 1.807) is 65.7 Å². The zero-order chi connectivity index (χ0) is 88.8. The van der Waals surface area contributed by atoms with Crippen LogP contribution in [-0.2, 0) is 28.4 Å². The number of hydrogen-bond donors (Lipinski definition) is 6. The summed E-state index contributed by atoms with van der Waals surface area (Å²) in [5, 5.41) is 0. The Morgan fingerprint density at radius 1 is 0.331 bits per heavy atom. The Morgan fingerprint density at radius 2 is 0.661 bits per heavy atom. The minimum Gasteiger partial charge on any atom is -0.462 e. The highest BCUT2D eigenvalue weighted by Gasteiger charge is 2.64. The third kappa shape index (κ3) is 21.5. The van der Waals surface area contributed by atoms with Crippen molar-refractivity contribution in [2.24, 2.45) is 145 Å². The van der Waals surface area contributed by atoms with Crippen molar-refractivity contribution in [3.63, 3.8) is 0 Å². The Hall–Kier alpha value is -5.77. The minimum absolute atomic E-state index is 0.212. The predicted molar refractivity (Wildman–Crippen MR) is 510 cm³/mol. The van der Waals surface area contributed by atoms with Crippen molar-refractivity contribution < 1.29 is 42.8 Å². The quantitative estimate of drug-likeness (QED) is 0.0115. The van der Waals surface area contributed by atoms with Crippen molar-refractivity contribution in [1.82, 2.24) is 0 Å². The number of benzene rings is 3. The molecule has 15 nitrogen and oxygen atoms in total. The van der Waals surface area contributed by atoms with Crippen LogP contribution in [0.25, 0.3) is 0 Å². The molecule has 12 aliphatic carbocycles. The first-order valence-corrected chi connectivity index (χ1v) is 50.8. The van der Waals surface area contributed by atoms with Gasteiger partial charge in [-0.15, -0.1) is 0 Å². The van der Waals surface area contributed by atoms with E-state index < -0.39 is 11.9 Å². The summed E-state index contributed by atoms with van der Waals surface area (Å²) in [6.45, 7) is 40.1. The molecule has 692 valence electrons. The van der Waals surface area contributed by atoms with Crippen LogP contribution in [0.3, 0.4) is 0 Å². The van der Waals surface area contributed by atoms with E-state index in [0.29, 0.717) is 116 Å². The molecule has 25 atom stereocenters. The second-order valence-corrected chi connectivity index (χ2v) is 45.9. The molecule has 0 spiro atoms. The van der Waals surface area contributed by atoms with Gasteiger partial charge in [0.1, 0.15) is 13.2 Å². The molecular formula is C109H172N6O9.